The molecule has 0 saturated heterocycles. The van der Waals surface area contributed by atoms with Crippen LogP contribution < -0.4 is 32.7 Å². The molecule has 1 aromatic rings. The SMILES string of the molecule is CC(C)C(NC(=O)C(Cc1ccccc1)NC(=O)C(CCC(=O)O)NC(=O)C(N)CCC(N)=O)C(=O)NCC(=O)O. The zero-order valence-electron chi connectivity index (χ0n) is 22.9. The quantitative estimate of drug-likeness (QED) is 0.0949. The second kappa shape index (κ2) is 17.2. The van der Waals surface area contributed by atoms with E-state index in [9.17, 15) is 33.6 Å². The van der Waals surface area contributed by atoms with Crippen LogP contribution in [0.25, 0.3) is 0 Å². The lowest BCUT2D eigenvalue weighted by Gasteiger charge is -2.27. The van der Waals surface area contributed by atoms with Gasteiger partial charge in [-0.05, 0) is 24.3 Å². The molecule has 0 bridgehead atoms. The zero-order valence-corrected chi connectivity index (χ0v) is 22.9. The zero-order chi connectivity index (χ0) is 31.1. The minimum absolute atomic E-state index is 0.0301. The first-order valence-corrected chi connectivity index (χ1v) is 12.9. The molecule has 1 rings (SSSR count). The highest BCUT2D eigenvalue weighted by molar-refractivity contribution is 5.95. The van der Waals surface area contributed by atoms with E-state index in [2.05, 4.69) is 21.3 Å². The largest absolute Gasteiger partial charge is 0.481 e. The number of carboxylic acid groups (broad SMARTS) is 2. The van der Waals surface area contributed by atoms with Crippen molar-refractivity contribution in [3.63, 3.8) is 0 Å². The molecule has 0 aromatic heterocycles. The number of rotatable bonds is 18. The Morgan fingerprint density at radius 2 is 1.34 bits per heavy atom. The molecular weight excluding hydrogens is 540 g/mol. The van der Waals surface area contributed by atoms with E-state index in [-0.39, 0.29) is 25.7 Å². The molecule has 15 heteroatoms. The fourth-order valence-electron chi connectivity index (χ4n) is 3.64. The number of aliphatic carboxylic acids is 2. The van der Waals surface area contributed by atoms with Gasteiger partial charge in [-0.15, -0.1) is 0 Å². The smallest absolute Gasteiger partial charge is 0.322 e. The summed E-state index contributed by atoms with van der Waals surface area (Å²) >= 11 is 0. The van der Waals surface area contributed by atoms with Crippen molar-refractivity contribution in [2.75, 3.05) is 6.54 Å². The highest BCUT2D eigenvalue weighted by atomic mass is 16.4. The molecule has 1 aromatic carbocycles. The maximum absolute atomic E-state index is 13.3. The molecule has 10 N–H and O–H groups in total. The molecule has 0 spiro atoms. The van der Waals surface area contributed by atoms with Crippen LogP contribution in [-0.2, 0) is 40.0 Å². The summed E-state index contributed by atoms with van der Waals surface area (Å²) in [4.78, 5) is 84.7. The molecule has 0 aliphatic heterocycles. The van der Waals surface area contributed by atoms with E-state index < -0.39 is 84.5 Å². The van der Waals surface area contributed by atoms with Gasteiger partial charge >= 0.3 is 11.9 Å². The summed E-state index contributed by atoms with van der Waals surface area (Å²) in [5.74, 6) is -6.86. The molecule has 15 nitrogen and oxygen atoms in total. The Labute approximate surface area is 236 Å². The van der Waals surface area contributed by atoms with Crippen molar-refractivity contribution in [1.29, 1.82) is 0 Å². The van der Waals surface area contributed by atoms with Gasteiger partial charge in [0.1, 0.15) is 24.7 Å². The first-order valence-electron chi connectivity index (χ1n) is 12.9. The van der Waals surface area contributed by atoms with E-state index in [0.717, 1.165) is 0 Å². The monoisotopic (exact) mass is 578 g/mol. The number of nitrogens with two attached hydrogens (primary N) is 2. The van der Waals surface area contributed by atoms with Crippen molar-refractivity contribution in [1.82, 2.24) is 21.3 Å². The third kappa shape index (κ3) is 13.4. The normalized spacial score (nSPS) is 13.7. The summed E-state index contributed by atoms with van der Waals surface area (Å²) in [6.07, 6.45) is -1.15. The minimum Gasteiger partial charge on any atom is -0.481 e. The highest BCUT2D eigenvalue weighted by Crippen LogP contribution is 2.09. The number of carbonyl (C=O) groups is 7. The van der Waals surface area contributed by atoms with E-state index in [0.29, 0.717) is 5.56 Å². The number of nitrogens with one attached hydrogen (secondary N) is 4. The molecule has 0 heterocycles. The van der Waals surface area contributed by atoms with Crippen molar-refractivity contribution in [2.24, 2.45) is 17.4 Å². The van der Waals surface area contributed by atoms with E-state index >= 15 is 0 Å². The van der Waals surface area contributed by atoms with Crippen molar-refractivity contribution < 1.29 is 43.8 Å². The van der Waals surface area contributed by atoms with Crippen LogP contribution in [0.4, 0.5) is 0 Å². The van der Waals surface area contributed by atoms with Crippen molar-refractivity contribution >= 4 is 41.5 Å². The van der Waals surface area contributed by atoms with Crippen LogP contribution in [0.2, 0.25) is 0 Å². The minimum atomic E-state index is -1.40. The van der Waals surface area contributed by atoms with Crippen LogP contribution in [0.3, 0.4) is 0 Å². The summed E-state index contributed by atoms with van der Waals surface area (Å²) < 4.78 is 0. The Bertz CT molecular complexity index is 1100. The summed E-state index contributed by atoms with van der Waals surface area (Å²) in [5, 5.41) is 27.6. The second-order valence-corrected chi connectivity index (χ2v) is 9.70. The Kier molecular flexibility index (Phi) is 14.5. The van der Waals surface area contributed by atoms with Gasteiger partial charge in [0.25, 0.3) is 0 Å². The van der Waals surface area contributed by atoms with Crippen LogP contribution >= 0.6 is 0 Å². The molecule has 4 atom stereocenters. The van der Waals surface area contributed by atoms with Crippen LogP contribution in [0.15, 0.2) is 30.3 Å². The van der Waals surface area contributed by atoms with Gasteiger partial charge in [0.2, 0.25) is 29.5 Å². The van der Waals surface area contributed by atoms with Gasteiger partial charge in [-0.2, -0.15) is 0 Å². The van der Waals surface area contributed by atoms with Gasteiger partial charge in [0, 0.05) is 19.3 Å². The average molecular weight is 579 g/mol. The van der Waals surface area contributed by atoms with Gasteiger partial charge in [-0.25, -0.2) is 0 Å². The van der Waals surface area contributed by atoms with Crippen molar-refractivity contribution in [3.05, 3.63) is 35.9 Å². The summed E-state index contributed by atoms with van der Waals surface area (Å²) in [5.41, 5.74) is 11.5. The molecule has 5 amide bonds. The van der Waals surface area contributed by atoms with E-state index in [1.807, 2.05) is 0 Å². The lowest BCUT2D eigenvalue weighted by molar-refractivity contribution is -0.139. The molecule has 0 fully saturated rings. The summed E-state index contributed by atoms with van der Waals surface area (Å²) in [7, 11) is 0. The first kappa shape index (κ1) is 34.5. The highest BCUT2D eigenvalue weighted by Gasteiger charge is 2.32. The maximum atomic E-state index is 13.3. The molecule has 0 aliphatic rings. The second-order valence-electron chi connectivity index (χ2n) is 9.70. The number of hydrogen-bond acceptors (Lipinski definition) is 8. The van der Waals surface area contributed by atoms with Crippen molar-refractivity contribution in [3.8, 4) is 0 Å². The molecule has 4 unspecified atom stereocenters. The molecule has 0 radical (unpaired) electrons. The molecular formula is C26H38N6O9. The summed E-state index contributed by atoms with van der Waals surface area (Å²) in [6, 6.07) is 3.57. The van der Waals surface area contributed by atoms with Gasteiger partial charge in [0.05, 0.1) is 6.04 Å². The van der Waals surface area contributed by atoms with Crippen LogP contribution in [0.1, 0.15) is 45.1 Å². The number of benzene rings is 1. The maximum Gasteiger partial charge on any atom is 0.322 e. The number of amides is 5. The van der Waals surface area contributed by atoms with Gasteiger partial charge in [-0.1, -0.05) is 44.2 Å². The third-order valence-electron chi connectivity index (χ3n) is 5.89. The van der Waals surface area contributed by atoms with Gasteiger partial charge in [-0.3, -0.25) is 33.6 Å². The first-order chi connectivity index (χ1) is 19.2. The third-order valence-corrected chi connectivity index (χ3v) is 5.89. The van der Waals surface area contributed by atoms with E-state index in [4.69, 9.17) is 21.7 Å². The van der Waals surface area contributed by atoms with E-state index in [1.165, 1.54) is 0 Å². The Hall–Kier alpha value is -4.53. The number of carboxylic acids is 2. The lowest BCUT2D eigenvalue weighted by Crippen LogP contribution is -2.59. The molecule has 0 aliphatic carbocycles. The fourth-order valence-corrected chi connectivity index (χ4v) is 3.64. The fraction of sp³-hybridized carbons (Fsp3) is 0.500. The predicted molar refractivity (Wildman–Crippen MR) is 145 cm³/mol. The van der Waals surface area contributed by atoms with Gasteiger partial charge < -0.3 is 42.9 Å². The topological polar surface area (TPSA) is 260 Å². The number of carbonyl (C=O) groups excluding carboxylic acids is 5. The predicted octanol–water partition coefficient (Wildman–Crippen LogP) is -2.00. The number of primary amides is 1. The molecule has 0 saturated carbocycles. The van der Waals surface area contributed by atoms with Crippen LogP contribution in [-0.4, -0.2) is 82.4 Å². The molecule has 226 valence electrons. The molecule has 41 heavy (non-hydrogen) atoms. The van der Waals surface area contributed by atoms with Crippen LogP contribution in [0.5, 0.6) is 0 Å². The standard InChI is InChI=1S/C26H38N6O9/c1-14(2)22(26(41)29-13-21(36)37)32-25(40)18(12-15-6-4-3-5-7-15)31-24(39)17(9-11-20(34)35)30-23(38)16(27)8-10-19(28)33/h3-7,14,16-18,22H,8-13,27H2,1-2H3,(H2,28,33)(H,29,41)(H,30,38)(H,31,39)(H,32,40)(H,34,35)(H,36,37). The summed E-state index contributed by atoms with van der Waals surface area (Å²) in [6.45, 7) is 2.61. The Morgan fingerprint density at radius 3 is 1.88 bits per heavy atom. The lowest BCUT2D eigenvalue weighted by atomic mass is 10.0. The Morgan fingerprint density at radius 1 is 0.756 bits per heavy atom. The van der Waals surface area contributed by atoms with Gasteiger partial charge in [0.15, 0.2) is 0 Å². The van der Waals surface area contributed by atoms with Crippen LogP contribution in [0, 0.1) is 5.92 Å². The Balaban J connectivity index is 3.18. The van der Waals surface area contributed by atoms with E-state index in [1.54, 1.807) is 44.2 Å². The number of hydrogen-bond donors (Lipinski definition) is 8. The average Bonchev–Trinajstić information content (AvgIpc) is 2.90. The van der Waals surface area contributed by atoms with Crippen molar-refractivity contribution in [2.45, 2.75) is 70.1 Å².